The van der Waals surface area contributed by atoms with Gasteiger partial charge in [0.15, 0.2) is 0 Å². The van der Waals surface area contributed by atoms with Crippen LogP contribution in [0.15, 0.2) is 65.7 Å². The Bertz CT molecular complexity index is 1450. The second kappa shape index (κ2) is 11.8. The fourth-order valence-electron chi connectivity index (χ4n) is 5.03. The third kappa shape index (κ3) is 5.88. The highest BCUT2D eigenvalue weighted by atomic mass is 32.2. The SMILES string of the molecule is Cc1ccc(NC(=O)N2CCN(S(=O)(=O)c3cnn(-c4ccccc4)c3C)C(C(=O)NCC3CCCO3)C2)cc1. The van der Waals surface area contributed by atoms with Gasteiger partial charge in [0.05, 0.1) is 23.7 Å². The molecule has 2 fully saturated rings. The van der Waals surface area contributed by atoms with Gasteiger partial charge in [0.1, 0.15) is 10.9 Å². The second-order valence-electron chi connectivity index (χ2n) is 10.1. The first kappa shape index (κ1) is 27.8. The molecule has 5 rings (SSSR count). The number of amides is 3. The Morgan fingerprint density at radius 1 is 1.05 bits per heavy atom. The van der Waals surface area contributed by atoms with Crippen molar-refractivity contribution in [3.05, 3.63) is 72.1 Å². The van der Waals surface area contributed by atoms with E-state index in [1.807, 2.05) is 49.4 Å². The minimum Gasteiger partial charge on any atom is -0.376 e. The van der Waals surface area contributed by atoms with Crippen LogP contribution in [0.4, 0.5) is 10.5 Å². The number of urea groups is 1. The molecule has 3 amide bonds. The van der Waals surface area contributed by atoms with Crippen molar-refractivity contribution in [2.24, 2.45) is 0 Å². The Labute approximate surface area is 234 Å². The van der Waals surface area contributed by atoms with E-state index in [1.54, 1.807) is 23.7 Å². The smallest absolute Gasteiger partial charge is 0.321 e. The van der Waals surface area contributed by atoms with Crippen LogP contribution in [0.3, 0.4) is 0 Å². The predicted octanol–water partition coefficient (Wildman–Crippen LogP) is 2.69. The molecule has 212 valence electrons. The molecular weight excluding hydrogens is 532 g/mol. The maximum atomic E-state index is 14.0. The minimum absolute atomic E-state index is 0.0193. The molecule has 2 aliphatic rings. The maximum Gasteiger partial charge on any atom is 0.321 e. The van der Waals surface area contributed by atoms with E-state index in [9.17, 15) is 18.0 Å². The van der Waals surface area contributed by atoms with Crippen molar-refractivity contribution in [3.8, 4) is 5.69 Å². The van der Waals surface area contributed by atoms with Gasteiger partial charge in [-0.1, -0.05) is 35.9 Å². The number of benzene rings is 2. The number of carbonyl (C=O) groups excluding carboxylic acids is 2. The molecule has 0 aliphatic carbocycles. The monoisotopic (exact) mass is 566 g/mol. The van der Waals surface area contributed by atoms with Gasteiger partial charge in [-0.2, -0.15) is 9.40 Å². The largest absolute Gasteiger partial charge is 0.376 e. The first-order chi connectivity index (χ1) is 19.2. The standard InChI is InChI=1S/C28H34N6O5S/c1-20-10-12-22(13-11-20)31-28(36)32-14-15-33(25(19-32)27(35)29-17-24-9-6-16-39-24)40(37,38)26-18-30-34(21(26)2)23-7-4-3-5-8-23/h3-5,7-8,10-13,18,24-25H,6,9,14-17,19H2,1-2H3,(H,29,35)(H,31,36). The van der Waals surface area contributed by atoms with Crippen LogP contribution in [0.1, 0.15) is 24.1 Å². The highest BCUT2D eigenvalue weighted by Crippen LogP contribution is 2.26. The number of rotatable bonds is 7. The van der Waals surface area contributed by atoms with Gasteiger partial charge >= 0.3 is 6.03 Å². The molecular formula is C28H34N6O5S. The predicted molar refractivity (Wildman–Crippen MR) is 150 cm³/mol. The van der Waals surface area contributed by atoms with Crippen molar-refractivity contribution in [3.63, 3.8) is 0 Å². The van der Waals surface area contributed by atoms with Crippen molar-refractivity contribution in [1.29, 1.82) is 0 Å². The van der Waals surface area contributed by atoms with Crippen LogP contribution in [0, 0.1) is 13.8 Å². The summed E-state index contributed by atoms with van der Waals surface area (Å²) >= 11 is 0. The van der Waals surface area contributed by atoms with Gasteiger partial charge in [-0.15, -0.1) is 0 Å². The van der Waals surface area contributed by atoms with Crippen LogP contribution in [-0.4, -0.2) is 84.3 Å². The van der Waals surface area contributed by atoms with E-state index in [-0.39, 0.29) is 37.2 Å². The zero-order chi connectivity index (χ0) is 28.3. The molecule has 2 saturated heterocycles. The fourth-order valence-corrected chi connectivity index (χ4v) is 6.74. The van der Waals surface area contributed by atoms with E-state index < -0.39 is 28.0 Å². The summed E-state index contributed by atoms with van der Waals surface area (Å²) in [7, 11) is -4.12. The average Bonchev–Trinajstić information content (AvgIpc) is 3.63. The summed E-state index contributed by atoms with van der Waals surface area (Å²) in [6.07, 6.45) is 2.96. The van der Waals surface area contributed by atoms with Gasteiger partial charge in [-0.3, -0.25) is 4.79 Å². The molecule has 0 radical (unpaired) electrons. The number of hydrogen-bond acceptors (Lipinski definition) is 6. The Kier molecular flexibility index (Phi) is 8.19. The third-order valence-electron chi connectivity index (χ3n) is 7.30. The highest BCUT2D eigenvalue weighted by molar-refractivity contribution is 7.89. The van der Waals surface area contributed by atoms with Crippen LogP contribution >= 0.6 is 0 Å². The minimum atomic E-state index is -4.12. The Balaban J connectivity index is 1.39. The van der Waals surface area contributed by atoms with Gasteiger partial charge in [-0.25, -0.2) is 17.9 Å². The number of hydrogen-bond donors (Lipinski definition) is 2. The molecule has 2 N–H and O–H groups in total. The van der Waals surface area contributed by atoms with Crippen LogP contribution in [0.2, 0.25) is 0 Å². The molecule has 2 aromatic carbocycles. The molecule has 2 unspecified atom stereocenters. The number of carbonyl (C=O) groups is 2. The topological polar surface area (TPSA) is 126 Å². The summed E-state index contributed by atoms with van der Waals surface area (Å²) in [6, 6.07) is 15.1. The molecule has 1 aromatic heterocycles. The lowest BCUT2D eigenvalue weighted by molar-refractivity contribution is -0.126. The van der Waals surface area contributed by atoms with Crippen molar-refractivity contribution >= 4 is 27.6 Å². The van der Waals surface area contributed by atoms with E-state index in [2.05, 4.69) is 15.7 Å². The van der Waals surface area contributed by atoms with Gasteiger partial charge in [0.25, 0.3) is 0 Å². The summed E-state index contributed by atoms with van der Waals surface area (Å²) < 4.78 is 36.3. The quantitative estimate of drug-likeness (QED) is 0.453. The number of nitrogens with zero attached hydrogens (tertiary/aromatic N) is 4. The van der Waals surface area contributed by atoms with Crippen molar-refractivity contribution in [1.82, 2.24) is 24.3 Å². The molecule has 2 aliphatic heterocycles. The number of aromatic nitrogens is 2. The molecule has 2 atom stereocenters. The summed E-state index contributed by atoms with van der Waals surface area (Å²) in [5, 5.41) is 10.0. The Morgan fingerprint density at radius 2 is 1.80 bits per heavy atom. The van der Waals surface area contributed by atoms with Crippen LogP contribution in [0.25, 0.3) is 5.69 Å². The van der Waals surface area contributed by atoms with E-state index in [4.69, 9.17) is 4.74 Å². The maximum absolute atomic E-state index is 14.0. The number of ether oxygens (including phenoxy) is 1. The van der Waals surface area contributed by atoms with Crippen LogP contribution in [0.5, 0.6) is 0 Å². The lowest BCUT2D eigenvalue weighted by atomic mass is 10.2. The van der Waals surface area contributed by atoms with Crippen molar-refractivity contribution in [2.75, 3.05) is 38.1 Å². The zero-order valence-electron chi connectivity index (χ0n) is 22.6. The summed E-state index contributed by atoms with van der Waals surface area (Å²) in [5.41, 5.74) is 2.84. The highest BCUT2D eigenvalue weighted by Gasteiger charge is 2.42. The number of anilines is 1. The lowest BCUT2D eigenvalue weighted by Crippen LogP contribution is -2.62. The van der Waals surface area contributed by atoms with Crippen LogP contribution in [-0.2, 0) is 19.6 Å². The molecule has 0 spiro atoms. The Morgan fingerprint density at radius 3 is 2.50 bits per heavy atom. The zero-order valence-corrected chi connectivity index (χ0v) is 23.4. The Hall–Kier alpha value is -3.74. The number of sulfonamides is 1. The number of nitrogens with one attached hydrogen (secondary N) is 2. The number of para-hydroxylation sites is 1. The van der Waals surface area contributed by atoms with Crippen LogP contribution < -0.4 is 10.6 Å². The van der Waals surface area contributed by atoms with E-state index in [0.29, 0.717) is 18.0 Å². The number of aryl methyl sites for hydroxylation is 1. The molecule has 40 heavy (non-hydrogen) atoms. The fraction of sp³-hybridized carbons (Fsp3) is 0.393. The molecule has 0 bridgehead atoms. The number of piperazine rings is 1. The van der Waals surface area contributed by atoms with Gasteiger partial charge in [0.2, 0.25) is 15.9 Å². The van der Waals surface area contributed by atoms with E-state index in [0.717, 1.165) is 24.1 Å². The van der Waals surface area contributed by atoms with Gasteiger partial charge in [-0.05, 0) is 51.0 Å². The summed E-state index contributed by atoms with van der Waals surface area (Å²) in [6.45, 7) is 4.54. The lowest BCUT2D eigenvalue weighted by Gasteiger charge is -2.39. The molecule has 11 nitrogen and oxygen atoms in total. The normalized spacial score (nSPS) is 19.9. The average molecular weight is 567 g/mol. The summed E-state index contributed by atoms with van der Waals surface area (Å²) in [4.78, 5) is 28.1. The molecule has 3 aromatic rings. The van der Waals surface area contributed by atoms with Gasteiger partial charge < -0.3 is 20.3 Å². The molecule has 0 saturated carbocycles. The van der Waals surface area contributed by atoms with Gasteiger partial charge in [0, 0.05) is 38.5 Å². The van der Waals surface area contributed by atoms with E-state index >= 15 is 0 Å². The van der Waals surface area contributed by atoms with Crippen molar-refractivity contribution < 1.29 is 22.7 Å². The van der Waals surface area contributed by atoms with E-state index in [1.165, 1.54) is 15.4 Å². The summed E-state index contributed by atoms with van der Waals surface area (Å²) in [5.74, 6) is -0.472. The second-order valence-corrected chi connectivity index (χ2v) is 12.0. The molecule has 12 heteroatoms. The van der Waals surface area contributed by atoms with Crippen molar-refractivity contribution in [2.45, 2.75) is 43.7 Å². The first-order valence-corrected chi connectivity index (χ1v) is 14.8. The third-order valence-corrected chi connectivity index (χ3v) is 9.32. The molecule has 3 heterocycles. The first-order valence-electron chi connectivity index (χ1n) is 13.4.